The predicted molar refractivity (Wildman–Crippen MR) is 142 cm³/mol. The molecule has 1 fully saturated rings. The quantitative estimate of drug-likeness (QED) is 0.317. The molecule has 0 radical (unpaired) electrons. The number of hydrogen-bond acceptors (Lipinski definition) is 2. The van der Waals surface area contributed by atoms with E-state index in [2.05, 4.69) is 77.1 Å². The van der Waals surface area contributed by atoms with Crippen LogP contribution >= 0.6 is 0 Å². The molecule has 1 saturated carbocycles. The maximum absolute atomic E-state index is 11.6. The molecule has 33 heavy (non-hydrogen) atoms. The minimum atomic E-state index is 0.300. The topological polar surface area (TPSA) is 40.9 Å². The zero-order valence-electron chi connectivity index (χ0n) is 22.1. The number of hydrogen-bond donors (Lipinski definition) is 0. The normalized spacial score (nSPS) is 20.9. The Labute approximate surface area is 203 Å². The van der Waals surface area contributed by atoms with E-state index in [-0.39, 0.29) is 0 Å². The van der Waals surface area contributed by atoms with E-state index in [1.165, 1.54) is 24.0 Å². The summed E-state index contributed by atoms with van der Waals surface area (Å²) < 4.78 is 0. The second-order valence-corrected chi connectivity index (χ2v) is 9.54. The van der Waals surface area contributed by atoms with E-state index in [4.69, 9.17) is 5.26 Å². The van der Waals surface area contributed by atoms with Gasteiger partial charge in [0, 0.05) is 12.8 Å². The minimum Gasteiger partial charge on any atom is -0.300 e. The van der Waals surface area contributed by atoms with Crippen LogP contribution in [0.25, 0.3) is 0 Å². The van der Waals surface area contributed by atoms with Crippen LogP contribution in [0.2, 0.25) is 0 Å². The van der Waals surface area contributed by atoms with Crippen molar-refractivity contribution in [1.82, 2.24) is 0 Å². The summed E-state index contributed by atoms with van der Waals surface area (Å²) >= 11 is 0. The van der Waals surface area contributed by atoms with Gasteiger partial charge in [-0.3, -0.25) is 4.79 Å². The first-order valence-corrected chi connectivity index (χ1v) is 12.8. The van der Waals surface area contributed by atoms with Crippen LogP contribution in [0.1, 0.15) is 109 Å². The molecule has 0 amide bonds. The van der Waals surface area contributed by atoms with Crippen molar-refractivity contribution in [3.05, 3.63) is 70.8 Å². The SMILES string of the molecule is CCCC(CC(=O)CC)c1ccc(C#N)c(C)c1.C\C=C/C(=C\C=C\CC)[C@@H]1CC1(C)CC. The number of benzene rings is 1. The van der Waals surface area contributed by atoms with Gasteiger partial charge in [0.05, 0.1) is 11.6 Å². The standard InChI is InChI=1S/C16H21NO.C15H24/c1-4-6-13(10-16(18)5-2)14-7-8-15(11-17)12(3)9-14;1-5-8-9-11-13(10-6-2)14-12-15(14,4)7-3/h7-9,13H,4-6,10H2,1-3H3;6,8-11,14H,5,7,12H2,1-4H3/b;9-8+,10-6-,13-11+/t;14-,15?/m.0/s1. The zero-order chi connectivity index (χ0) is 24.9. The van der Waals surface area contributed by atoms with E-state index >= 15 is 0 Å². The largest absolute Gasteiger partial charge is 0.300 e. The molecule has 1 aliphatic carbocycles. The van der Waals surface area contributed by atoms with Crippen LogP contribution in [0, 0.1) is 29.6 Å². The summed E-state index contributed by atoms with van der Waals surface area (Å²) in [5, 5.41) is 8.93. The number of carbonyl (C=O) groups excluding carboxylic acids is 1. The fraction of sp³-hybridized carbons (Fsp3) is 0.548. The molecular weight excluding hydrogens is 402 g/mol. The van der Waals surface area contributed by atoms with E-state index in [0.29, 0.717) is 30.0 Å². The van der Waals surface area contributed by atoms with Gasteiger partial charge in [-0.15, -0.1) is 0 Å². The van der Waals surface area contributed by atoms with Crippen molar-refractivity contribution >= 4 is 5.78 Å². The molecule has 3 atom stereocenters. The fourth-order valence-electron chi connectivity index (χ4n) is 4.33. The number of allylic oxidation sites excluding steroid dienone is 6. The molecule has 1 aliphatic rings. The highest BCUT2D eigenvalue weighted by Crippen LogP contribution is 2.58. The minimum absolute atomic E-state index is 0.300. The van der Waals surface area contributed by atoms with Crippen molar-refractivity contribution in [2.24, 2.45) is 11.3 Å². The number of Topliss-reactive ketones (excluding diaryl/α,β-unsaturated/α-hetero) is 1. The highest BCUT2D eigenvalue weighted by Gasteiger charge is 2.49. The van der Waals surface area contributed by atoms with E-state index in [1.54, 1.807) is 0 Å². The molecule has 0 saturated heterocycles. The molecule has 2 nitrogen and oxygen atoms in total. The highest BCUT2D eigenvalue weighted by molar-refractivity contribution is 5.79. The van der Waals surface area contributed by atoms with Gasteiger partial charge in [0.1, 0.15) is 5.78 Å². The average molecular weight is 448 g/mol. The molecule has 2 unspecified atom stereocenters. The first-order chi connectivity index (χ1) is 15.8. The molecule has 0 aromatic heterocycles. The summed E-state index contributed by atoms with van der Waals surface area (Å²) in [5.74, 6) is 1.41. The van der Waals surface area contributed by atoms with Crippen LogP contribution in [-0.4, -0.2) is 5.78 Å². The molecule has 0 bridgehead atoms. The molecule has 2 heteroatoms. The van der Waals surface area contributed by atoms with Crippen LogP contribution in [-0.2, 0) is 4.79 Å². The van der Waals surface area contributed by atoms with Crippen LogP contribution in [0.15, 0.2) is 54.2 Å². The Morgan fingerprint density at radius 3 is 2.48 bits per heavy atom. The smallest absolute Gasteiger partial charge is 0.133 e. The molecule has 0 heterocycles. The van der Waals surface area contributed by atoms with Crippen LogP contribution in [0.3, 0.4) is 0 Å². The maximum Gasteiger partial charge on any atom is 0.133 e. The van der Waals surface area contributed by atoms with Gasteiger partial charge < -0.3 is 0 Å². The Kier molecular flexibility index (Phi) is 12.7. The van der Waals surface area contributed by atoms with E-state index in [0.717, 1.165) is 36.3 Å². The van der Waals surface area contributed by atoms with Crippen molar-refractivity contribution in [2.45, 2.75) is 99.3 Å². The lowest BCUT2D eigenvalue weighted by molar-refractivity contribution is -0.119. The third-order valence-electron chi connectivity index (χ3n) is 6.93. The Morgan fingerprint density at radius 2 is 2.00 bits per heavy atom. The van der Waals surface area contributed by atoms with Crippen molar-refractivity contribution in [1.29, 1.82) is 5.26 Å². The van der Waals surface area contributed by atoms with Crippen LogP contribution in [0.5, 0.6) is 0 Å². The molecule has 0 aliphatic heterocycles. The molecule has 1 aromatic rings. The van der Waals surface area contributed by atoms with Gasteiger partial charge in [-0.25, -0.2) is 0 Å². The Balaban J connectivity index is 0.000000335. The predicted octanol–water partition coefficient (Wildman–Crippen LogP) is 9.01. The lowest BCUT2D eigenvalue weighted by Gasteiger charge is -2.16. The van der Waals surface area contributed by atoms with Gasteiger partial charge in [0.25, 0.3) is 0 Å². The Morgan fingerprint density at radius 1 is 1.27 bits per heavy atom. The van der Waals surface area contributed by atoms with Gasteiger partial charge in [-0.1, -0.05) is 90.0 Å². The molecule has 1 aromatic carbocycles. The second kappa shape index (κ2) is 14.7. The Bertz CT molecular complexity index is 883. The summed E-state index contributed by atoms with van der Waals surface area (Å²) in [4.78, 5) is 11.6. The number of nitriles is 1. The monoisotopic (exact) mass is 447 g/mol. The van der Waals surface area contributed by atoms with Crippen molar-refractivity contribution in [3.8, 4) is 6.07 Å². The maximum atomic E-state index is 11.6. The summed E-state index contributed by atoms with van der Waals surface area (Å²) in [6.07, 6.45) is 18.2. The lowest BCUT2D eigenvalue weighted by atomic mass is 9.88. The van der Waals surface area contributed by atoms with Gasteiger partial charge >= 0.3 is 0 Å². The summed E-state index contributed by atoms with van der Waals surface area (Å²) in [7, 11) is 0. The summed E-state index contributed by atoms with van der Waals surface area (Å²) in [6, 6.07) is 8.10. The van der Waals surface area contributed by atoms with Gasteiger partial charge in [-0.2, -0.15) is 5.26 Å². The van der Waals surface area contributed by atoms with E-state index < -0.39 is 0 Å². The highest BCUT2D eigenvalue weighted by atomic mass is 16.1. The van der Waals surface area contributed by atoms with Gasteiger partial charge in [-0.05, 0) is 73.1 Å². The molecule has 0 N–H and O–H groups in total. The van der Waals surface area contributed by atoms with Crippen molar-refractivity contribution in [3.63, 3.8) is 0 Å². The molecule has 0 spiro atoms. The summed E-state index contributed by atoms with van der Waals surface area (Å²) in [6.45, 7) is 15.0. The molecule has 180 valence electrons. The van der Waals surface area contributed by atoms with Crippen molar-refractivity contribution in [2.75, 3.05) is 0 Å². The number of aryl methyl sites for hydroxylation is 1. The summed E-state index contributed by atoms with van der Waals surface area (Å²) in [5.41, 5.74) is 4.99. The number of ketones is 1. The third-order valence-corrected chi connectivity index (χ3v) is 6.93. The second-order valence-electron chi connectivity index (χ2n) is 9.54. The average Bonchev–Trinajstić information content (AvgIpc) is 3.50. The van der Waals surface area contributed by atoms with Gasteiger partial charge in [0.2, 0.25) is 0 Å². The molecule has 2 rings (SSSR count). The number of rotatable bonds is 11. The molecular formula is C31H45NO. The van der Waals surface area contributed by atoms with Crippen molar-refractivity contribution < 1.29 is 4.79 Å². The lowest BCUT2D eigenvalue weighted by Crippen LogP contribution is -2.06. The third kappa shape index (κ3) is 9.17. The van der Waals surface area contributed by atoms with Crippen LogP contribution in [0.4, 0.5) is 0 Å². The van der Waals surface area contributed by atoms with Gasteiger partial charge in [0.15, 0.2) is 0 Å². The Hall–Kier alpha value is -2.40. The number of carbonyl (C=O) groups is 1. The number of nitrogens with zero attached hydrogens (tertiary/aromatic N) is 1. The zero-order valence-corrected chi connectivity index (χ0v) is 22.1. The first-order valence-electron chi connectivity index (χ1n) is 12.8. The first kappa shape index (κ1) is 28.6. The fourth-order valence-corrected chi connectivity index (χ4v) is 4.33. The van der Waals surface area contributed by atoms with E-state index in [1.807, 2.05) is 26.0 Å². The van der Waals surface area contributed by atoms with Crippen LogP contribution < -0.4 is 0 Å². The van der Waals surface area contributed by atoms with E-state index in [9.17, 15) is 4.79 Å².